The van der Waals surface area contributed by atoms with Gasteiger partial charge in [-0.25, -0.2) is 15.3 Å². The average Bonchev–Trinajstić information content (AvgIpc) is 2.08. The molecule has 0 spiro atoms. The van der Waals surface area contributed by atoms with Crippen LogP contribution in [0.15, 0.2) is 4.99 Å². The molecule has 0 saturated carbocycles. The molecule has 0 aromatic carbocycles. The van der Waals surface area contributed by atoms with E-state index in [9.17, 15) is 8.42 Å². The van der Waals surface area contributed by atoms with E-state index in [1.807, 2.05) is 11.8 Å². The lowest BCUT2D eigenvalue weighted by Gasteiger charge is -1.98. The Balaban J connectivity index is 2.76. The lowest BCUT2D eigenvalue weighted by molar-refractivity contribution is 0.0820. The monoisotopic (exact) mass is 151 g/mol. The minimum absolute atomic E-state index is 1.56. The van der Waals surface area contributed by atoms with Gasteiger partial charge in [-0.15, -0.1) is 0 Å². The molecule has 0 bridgehead atoms. The third-order valence-corrected chi connectivity index (χ3v) is 1.34. The zero-order chi connectivity index (χ0) is 6.91. The molecule has 1 aliphatic rings. The Bertz CT molecular complexity index is 219. The fourth-order valence-corrected chi connectivity index (χ4v) is 0.665. The molecule has 0 saturated heterocycles. The van der Waals surface area contributed by atoms with E-state index in [1.165, 1.54) is 0 Å². The van der Waals surface area contributed by atoms with E-state index in [0.717, 1.165) is 0 Å². The van der Waals surface area contributed by atoms with Crippen molar-refractivity contribution in [1.82, 2.24) is 5.48 Å². The number of hydrogen-bond donors (Lipinski definition) is 2. The zero-order valence-corrected chi connectivity index (χ0v) is 4.92. The van der Waals surface area contributed by atoms with Crippen molar-refractivity contribution in [3.8, 4) is 0 Å². The summed E-state index contributed by atoms with van der Waals surface area (Å²) >= 11 is 0. The third kappa shape index (κ3) is 1.37. The smallest absolute Gasteiger partial charge is 0.282 e. The Morgan fingerprint density at radius 2 is 2.44 bits per heavy atom. The van der Waals surface area contributed by atoms with Crippen molar-refractivity contribution in [3.05, 3.63) is 0 Å². The lowest BCUT2D eigenvalue weighted by atomic mass is 11.2. The SMILES string of the molecule is O=S(=O)(O)C1N=[C]NO1. The maximum absolute atomic E-state index is 10.1. The molecular formula is C2H3N2O4S. The van der Waals surface area contributed by atoms with Crippen LogP contribution >= 0.6 is 0 Å². The van der Waals surface area contributed by atoms with Gasteiger partial charge in [-0.3, -0.25) is 4.55 Å². The van der Waals surface area contributed by atoms with Gasteiger partial charge in [0.1, 0.15) is 0 Å². The molecule has 6 nitrogen and oxygen atoms in total. The molecule has 2 N–H and O–H groups in total. The summed E-state index contributed by atoms with van der Waals surface area (Å²) < 4.78 is 28.4. The quantitative estimate of drug-likeness (QED) is 0.450. The van der Waals surface area contributed by atoms with Gasteiger partial charge < -0.3 is 0 Å². The Labute approximate surface area is 51.2 Å². The molecule has 9 heavy (non-hydrogen) atoms. The summed E-state index contributed by atoms with van der Waals surface area (Å²) in [5.41, 5.74) is 0.365. The van der Waals surface area contributed by atoms with Gasteiger partial charge in [0.2, 0.25) is 0 Å². The molecular weight excluding hydrogens is 148 g/mol. The molecule has 1 rings (SSSR count). The van der Waals surface area contributed by atoms with Gasteiger partial charge in [-0.1, -0.05) is 0 Å². The lowest BCUT2D eigenvalue weighted by Crippen LogP contribution is -2.21. The first-order valence-corrected chi connectivity index (χ1v) is 3.43. The molecule has 1 radical (unpaired) electrons. The molecule has 1 unspecified atom stereocenters. The average molecular weight is 151 g/mol. The maximum atomic E-state index is 10.1. The molecule has 1 aliphatic heterocycles. The van der Waals surface area contributed by atoms with Gasteiger partial charge in [0, 0.05) is 0 Å². The molecule has 51 valence electrons. The van der Waals surface area contributed by atoms with E-state index >= 15 is 0 Å². The zero-order valence-electron chi connectivity index (χ0n) is 4.10. The minimum Gasteiger partial charge on any atom is -0.282 e. The first kappa shape index (κ1) is 6.46. The van der Waals surface area contributed by atoms with Crippen molar-refractivity contribution in [1.29, 1.82) is 0 Å². The summed E-state index contributed by atoms with van der Waals surface area (Å²) in [4.78, 5) is 7.24. The standard InChI is InChI=1S/C2H3N2O4S/c5-9(6,7)2-3-1-4-8-2/h2H,(H,3,4)(H,5,6,7). The van der Waals surface area contributed by atoms with Crippen LogP contribution in [0.5, 0.6) is 0 Å². The van der Waals surface area contributed by atoms with Gasteiger partial charge in [-0.2, -0.15) is 8.42 Å². The minimum atomic E-state index is -4.22. The van der Waals surface area contributed by atoms with Crippen LogP contribution in [0.2, 0.25) is 0 Å². The molecule has 7 heteroatoms. The summed E-state index contributed by atoms with van der Waals surface area (Å²) in [5, 5.41) is 0. The normalized spacial score (nSPS) is 26.1. The largest absolute Gasteiger partial charge is 0.316 e. The van der Waals surface area contributed by atoms with Crippen LogP contribution in [0, 0.1) is 0 Å². The number of hydroxylamine groups is 1. The first-order chi connectivity index (χ1) is 4.11. The second kappa shape index (κ2) is 1.94. The maximum Gasteiger partial charge on any atom is 0.316 e. The van der Waals surface area contributed by atoms with Crippen molar-refractivity contribution in [2.24, 2.45) is 4.99 Å². The number of nitrogens with one attached hydrogen (secondary N) is 1. The van der Waals surface area contributed by atoms with Gasteiger partial charge in [-0.05, 0) is 0 Å². The van der Waals surface area contributed by atoms with Gasteiger partial charge in [0.15, 0.2) is 6.34 Å². The van der Waals surface area contributed by atoms with Crippen LogP contribution in [0.25, 0.3) is 0 Å². The predicted octanol–water partition coefficient (Wildman–Crippen LogP) is -1.40. The Kier molecular flexibility index (Phi) is 1.39. The summed E-state index contributed by atoms with van der Waals surface area (Å²) in [6, 6.07) is 0. The highest BCUT2D eigenvalue weighted by molar-refractivity contribution is 7.86. The van der Waals surface area contributed by atoms with Crippen LogP contribution < -0.4 is 5.48 Å². The van der Waals surface area contributed by atoms with E-state index in [1.54, 1.807) is 0 Å². The fourth-order valence-electron chi connectivity index (χ4n) is 0.310. The van der Waals surface area contributed by atoms with Crippen molar-refractivity contribution in [3.63, 3.8) is 0 Å². The second-order valence-electron chi connectivity index (χ2n) is 1.28. The van der Waals surface area contributed by atoms with E-state index in [4.69, 9.17) is 4.55 Å². The number of nitrogens with zero attached hydrogens (tertiary/aromatic N) is 1. The number of hydrogen-bond acceptors (Lipinski definition) is 5. The van der Waals surface area contributed by atoms with Crippen LogP contribution in [0.4, 0.5) is 0 Å². The van der Waals surface area contributed by atoms with Crippen LogP contribution in [0.3, 0.4) is 0 Å². The second-order valence-corrected chi connectivity index (χ2v) is 2.72. The summed E-state index contributed by atoms with van der Waals surface area (Å²) in [6.07, 6.45) is 1.99. The van der Waals surface area contributed by atoms with E-state index in [-0.39, 0.29) is 0 Å². The van der Waals surface area contributed by atoms with Crippen LogP contribution in [-0.4, -0.2) is 24.9 Å². The molecule has 0 aromatic heterocycles. The molecule has 0 fully saturated rings. The highest BCUT2D eigenvalue weighted by Gasteiger charge is 2.25. The molecule has 0 aliphatic carbocycles. The van der Waals surface area contributed by atoms with E-state index < -0.39 is 15.7 Å². The van der Waals surface area contributed by atoms with Crippen molar-refractivity contribution in [2.75, 3.05) is 0 Å². The topological polar surface area (TPSA) is 88.0 Å². The van der Waals surface area contributed by atoms with Crippen LogP contribution in [0.1, 0.15) is 0 Å². The highest BCUT2D eigenvalue weighted by atomic mass is 32.2. The van der Waals surface area contributed by atoms with Gasteiger partial charge in [0.05, 0.1) is 0 Å². The van der Waals surface area contributed by atoms with E-state index in [0.29, 0.717) is 0 Å². The molecule has 1 heterocycles. The fraction of sp³-hybridized carbons (Fsp3) is 0.500. The van der Waals surface area contributed by atoms with Gasteiger partial charge >= 0.3 is 15.7 Å². The van der Waals surface area contributed by atoms with Crippen molar-refractivity contribution in [2.45, 2.75) is 5.56 Å². The Morgan fingerprint density at radius 1 is 1.78 bits per heavy atom. The molecule has 0 aromatic rings. The summed E-state index contributed by atoms with van der Waals surface area (Å²) in [5.74, 6) is 0. The predicted molar refractivity (Wildman–Crippen MR) is 27.0 cm³/mol. The molecule has 0 amide bonds. The summed E-state index contributed by atoms with van der Waals surface area (Å²) in [6.45, 7) is 0. The van der Waals surface area contributed by atoms with Gasteiger partial charge in [0.25, 0.3) is 0 Å². The Hall–Kier alpha value is -0.660. The Morgan fingerprint density at radius 3 is 2.67 bits per heavy atom. The first-order valence-electron chi connectivity index (χ1n) is 1.92. The highest BCUT2D eigenvalue weighted by Crippen LogP contribution is 2.02. The number of aliphatic imine (C=N–C) groups is 1. The van der Waals surface area contributed by atoms with E-state index in [2.05, 4.69) is 9.83 Å². The molecule has 1 atom stereocenters. The third-order valence-electron chi connectivity index (χ3n) is 0.630. The van der Waals surface area contributed by atoms with Crippen molar-refractivity contribution < 1.29 is 17.8 Å². The van der Waals surface area contributed by atoms with Crippen LogP contribution in [-0.2, 0) is 15.0 Å². The summed E-state index contributed by atoms with van der Waals surface area (Å²) in [7, 11) is -4.22. The number of rotatable bonds is 1. The van der Waals surface area contributed by atoms with Crippen molar-refractivity contribution >= 4 is 16.5 Å².